The van der Waals surface area contributed by atoms with Crippen LogP contribution in [0, 0.1) is 13.8 Å². The van der Waals surface area contributed by atoms with Gasteiger partial charge in [0.2, 0.25) is 0 Å². The Morgan fingerprint density at radius 2 is 1.55 bits per heavy atom. The van der Waals surface area contributed by atoms with Gasteiger partial charge in [-0.1, -0.05) is 52.0 Å². The van der Waals surface area contributed by atoms with Crippen LogP contribution in [0.3, 0.4) is 0 Å². The van der Waals surface area contributed by atoms with E-state index in [0.29, 0.717) is 5.92 Å². The lowest BCUT2D eigenvalue weighted by Crippen LogP contribution is -2.11. The van der Waals surface area contributed by atoms with Crippen LogP contribution in [-0.2, 0) is 5.41 Å². The van der Waals surface area contributed by atoms with Crippen molar-refractivity contribution in [3.05, 3.63) is 64.5 Å². The molecule has 0 aliphatic heterocycles. The number of nitrogens with zero attached hydrogens (tertiary/aromatic N) is 1. The highest BCUT2D eigenvalue weighted by Gasteiger charge is 2.16. The summed E-state index contributed by atoms with van der Waals surface area (Å²) in [4.78, 5) is 4.36. The zero-order valence-corrected chi connectivity index (χ0v) is 13.5. The van der Waals surface area contributed by atoms with E-state index >= 15 is 0 Å². The van der Waals surface area contributed by atoms with Crippen molar-refractivity contribution < 1.29 is 0 Å². The van der Waals surface area contributed by atoms with Crippen LogP contribution in [0.2, 0.25) is 0 Å². The molecule has 0 amide bonds. The number of hydrogen-bond acceptors (Lipinski definition) is 1. The van der Waals surface area contributed by atoms with Gasteiger partial charge in [0.1, 0.15) is 0 Å². The second kappa shape index (κ2) is 5.40. The fourth-order valence-corrected chi connectivity index (χ4v) is 2.58. The maximum atomic E-state index is 4.36. The summed E-state index contributed by atoms with van der Waals surface area (Å²) in [5, 5.41) is 0. The van der Waals surface area contributed by atoms with E-state index in [1.807, 2.05) is 6.20 Å². The number of aryl methyl sites for hydroxylation is 1. The molecule has 0 saturated carbocycles. The molecule has 1 aromatic carbocycles. The summed E-state index contributed by atoms with van der Waals surface area (Å²) in [6.07, 6.45) is 1.91. The van der Waals surface area contributed by atoms with E-state index in [-0.39, 0.29) is 5.41 Å². The lowest BCUT2D eigenvalue weighted by atomic mass is 9.84. The molecule has 0 fully saturated rings. The van der Waals surface area contributed by atoms with Gasteiger partial charge in [-0.15, -0.1) is 0 Å². The van der Waals surface area contributed by atoms with Crippen LogP contribution < -0.4 is 0 Å². The van der Waals surface area contributed by atoms with Crippen LogP contribution in [-0.4, -0.2) is 4.98 Å². The average molecular weight is 267 g/mol. The Kier molecular flexibility index (Phi) is 3.99. The van der Waals surface area contributed by atoms with E-state index in [2.05, 4.69) is 76.9 Å². The Hall–Kier alpha value is -1.63. The quantitative estimate of drug-likeness (QED) is 0.733. The molecule has 1 unspecified atom stereocenters. The van der Waals surface area contributed by atoms with Gasteiger partial charge in [-0.25, -0.2) is 0 Å². The minimum absolute atomic E-state index is 0.213. The maximum absolute atomic E-state index is 4.36. The summed E-state index contributed by atoms with van der Waals surface area (Å²) in [7, 11) is 0. The maximum Gasteiger partial charge on any atom is 0.0404 e. The third-order valence-corrected chi connectivity index (χ3v) is 4.24. The van der Waals surface area contributed by atoms with E-state index in [9.17, 15) is 0 Å². The van der Waals surface area contributed by atoms with Crippen LogP contribution in [0.5, 0.6) is 0 Å². The standard InChI is InChI=1S/C19H25N/c1-13-15(3)20-12-11-18(13)14(2)16-7-9-17(10-8-16)19(4,5)6/h7-12,14H,1-6H3. The van der Waals surface area contributed by atoms with Crippen molar-refractivity contribution >= 4 is 0 Å². The van der Waals surface area contributed by atoms with Gasteiger partial charge in [0, 0.05) is 17.8 Å². The number of pyridine rings is 1. The van der Waals surface area contributed by atoms with E-state index in [1.54, 1.807) is 0 Å². The van der Waals surface area contributed by atoms with Gasteiger partial charge in [-0.05, 0) is 47.6 Å². The summed E-state index contributed by atoms with van der Waals surface area (Å²) in [6, 6.07) is 11.2. The van der Waals surface area contributed by atoms with Crippen molar-refractivity contribution in [2.75, 3.05) is 0 Å². The van der Waals surface area contributed by atoms with Crippen molar-refractivity contribution in [2.45, 2.75) is 52.9 Å². The molecule has 106 valence electrons. The van der Waals surface area contributed by atoms with Crippen molar-refractivity contribution in [3.63, 3.8) is 0 Å². The number of hydrogen-bond donors (Lipinski definition) is 0. The second-order valence-corrected chi connectivity index (χ2v) is 6.70. The van der Waals surface area contributed by atoms with Crippen molar-refractivity contribution in [3.8, 4) is 0 Å². The summed E-state index contributed by atoms with van der Waals surface area (Å²) in [6.45, 7) is 13.3. The molecule has 2 aromatic rings. The van der Waals surface area contributed by atoms with Crippen LogP contribution in [0.25, 0.3) is 0 Å². The smallest absolute Gasteiger partial charge is 0.0404 e. The van der Waals surface area contributed by atoms with Crippen LogP contribution >= 0.6 is 0 Å². The Morgan fingerprint density at radius 1 is 0.950 bits per heavy atom. The first kappa shape index (κ1) is 14.8. The van der Waals surface area contributed by atoms with Crippen LogP contribution in [0.15, 0.2) is 36.5 Å². The lowest BCUT2D eigenvalue weighted by molar-refractivity contribution is 0.590. The van der Waals surface area contributed by atoms with Crippen molar-refractivity contribution in [2.24, 2.45) is 0 Å². The molecule has 0 N–H and O–H groups in total. The molecule has 0 bridgehead atoms. The van der Waals surface area contributed by atoms with Gasteiger partial charge in [-0.2, -0.15) is 0 Å². The molecule has 0 aliphatic carbocycles. The van der Waals surface area contributed by atoms with Gasteiger partial charge < -0.3 is 0 Å². The lowest BCUT2D eigenvalue weighted by Gasteiger charge is -2.21. The second-order valence-electron chi connectivity index (χ2n) is 6.70. The van der Waals surface area contributed by atoms with Gasteiger partial charge in [0.05, 0.1) is 0 Å². The molecule has 0 radical (unpaired) electrons. The fraction of sp³-hybridized carbons (Fsp3) is 0.421. The Labute approximate surface area is 123 Å². The summed E-state index contributed by atoms with van der Waals surface area (Å²) in [5.74, 6) is 0.408. The first-order valence-electron chi connectivity index (χ1n) is 7.33. The van der Waals surface area contributed by atoms with Gasteiger partial charge in [0.15, 0.2) is 0 Å². The van der Waals surface area contributed by atoms with Crippen LogP contribution in [0.4, 0.5) is 0 Å². The largest absolute Gasteiger partial charge is 0.261 e. The molecule has 0 saturated heterocycles. The SMILES string of the molecule is Cc1nccc(C(C)c2ccc(C(C)(C)C)cc2)c1C. The fourth-order valence-electron chi connectivity index (χ4n) is 2.58. The molecule has 0 aliphatic rings. The summed E-state index contributed by atoms with van der Waals surface area (Å²) >= 11 is 0. The monoisotopic (exact) mass is 267 g/mol. The van der Waals surface area contributed by atoms with Crippen LogP contribution in [0.1, 0.15) is 61.6 Å². The van der Waals surface area contributed by atoms with E-state index < -0.39 is 0 Å². The number of rotatable bonds is 2. The highest BCUT2D eigenvalue weighted by molar-refractivity contribution is 5.39. The Bertz CT molecular complexity index is 588. The molecule has 1 heterocycles. The minimum Gasteiger partial charge on any atom is -0.261 e. The van der Waals surface area contributed by atoms with Gasteiger partial charge >= 0.3 is 0 Å². The number of benzene rings is 1. The predicted molar refractivity (Wildman–Crippen MR) is 86.4 cm³/mol. The zero-order chi connectivity index (χ0) is 14.9. The van der Waals surface area contributed by atoms with Gasteiger partial charge in [-0.3, -0.25) is 4.98 Å². The van der Waals surface area contributed by atoms with E-state index in [4.69, 9.17) is 0 Å². The Balaban J connectivity index is 2.34. The third kappa shape index (κ3) is 2.92. The zero-order valence-electron chi connectivity index (χ0n) is 13.5. The van der Waals surface area contributed by atoms with E-state index in [1.165, 1.54) is 22.3 Å². The van der Waals surface area contributed by atoms with Gasteiger partial charge in [0.25, 0.3) is 0 Å². The third-order valence-electron chi connectivity index (χ3n) is 4.24. The molecular formula is C19H25N. The molecule has 1 aromatic heterocycles. The number of aromatic nitrogens is 1. The molecule has 1 nitrogen and oxygen atoms in total. The first-order valence-corrected chi connectivity index (χ1v) is 7.33. The minimum atomic E-state index is 0.213. The molecule has 0 spiro atoms. The van der Waals surface area contributed by atoms with E-state index in [0.717, 1.165) is 5.69 Å². The van der Waals surface area contributed by atoms with Crippen molar-refractivity contribution in [1.82, 2.24) is 4.98 Å². The summed E-state index contributed by atoms with van der Waals surface area (Å²) < 4.78 is 0. The molecule has 1 heteroatoms. The topological polar surface area (TPSA) is 12.9 Å². The normalized spacial score (nSPS) is 13.3. The summed E-state index contributed by atoms with van der Waals surface area (Å²) in [5.41, 5.74) is 6.77. The van der Waals surface area contributed by atoms with Crippen molar-refractivity contribution in [1.29, 1.82) is 0 Å². The Morgan fingerprint density at radius 3 is 2.10 bits per heavy atom. The molecule has 1 atom stereocenters. The average Bonchev–Trinajstić information content (AvgIpc) is 2.40. The predicted octanol–water partition coefficient (Wildman–Crippen LogP) is 5.15. The molecular weight excluding hydrogens is 242 g/mol. The highest BCUT2D eigenvalue weighted by Crippen LogP contribution is 2.29. The highest BCUT2D eigenvalue weighted by atomic mass is 14.7. The first-order chi connectivity index (χ1) is 9.30. The molecule has 2 rings (SSSR count). The molecule has 20 heavy (non-hydrogen) atoms.